The Morgan fingerprint density at radius 2 is 1.33 bits per heavy atom. The maximum absolute atomic E-state index is 12.0. The summed E-state index contributed by atoms with van der Waals surface area (Å²) in [6, 6.07) is 26.1. The van der Waals surface area contributed by atoms with Crippen molar-refractivity contribution in [2.75, 3.05) is 17.2 Å². The van der Waals surface area contributed by atoms with Gasteiger partial charge >= 0.3 is 0 Å². The average molecular weight is 316 g/mol. The van der Waals surface area contributed by atoms with Gasteiger partial charge in [-0.2, -0.15) is 0 Å². The predicted molar refractivity (Wildman–Crippen MR) is 100 cm³/mol. The van der Waals surface area contributed by atoms with Crippen LogP contribution in [-0.4, -0.2) is 12.5 Å². The predicted octanol–water partition coefficient (Wildman–Crippen LogP) is 4.71. The van der Waals surface area contributed by atoms with E-state index in [1.807, 2.05) is 61.5 Å². The third-order valence-electron chi connectivity index (χ3n) is 3.78. The van der Waals surface area contributed by atoms with E-state index in [0.717, 1.165) is 16.9 Å². The molecule has 3 aromatic carbocycles. The first kappa shape index (κ1) is 15.8. The lowest BCUT2D eigenvalue weighted by Crippen LogP contribution is -2.21. The monoisotopic (exact) mass is 316 g/mol. The number of benzene rings is 3. The molecule has 24 heavy (non-hydrogen) atoms. The highest BCUT2D eigenvalue weighted by molar-refractivity contribution is 5.93. The van der Waals surface area contributed by atoms with Crippen molar-refractivity contribution in [1.29, 1.82) is 0 Å². The third-order valence-corrected chi connectivity index (χ3v) is 3.78. The molecule has 3 heteroatoms. The number of aryl methyl sites for hydroxylation is 1. The molecule has 0 bridgehead atoms. The number of hydrogen-bond acceptors (Lipinski definition) is 2. The van der Waals surface area contributed by atoms with Crippen molar-refractivity contribution in [3.8, 4) is 11.1 Å². The van der Waals surface area contributed by atoms with Gasteiger partial charge in [0.1, 0.15) is 0 Å². The maximum Gasteiger partial charge on any atom is 0.243 e. The average Bonchev–Trinajstić information content (AvgIpc) is 2.63. The lowest BCUT2D eigenvalue weighted by Gasteiger charge is -2.09. The number of nitrogens with one attached hydrogen (secondary N) is 2. The summed E-state index contributed by atoms with van der Waals surface area (Å²) in [7, 11) is 0. The Morgan fingerprint density at radius 1 is 0.750 bits per heavy atom. The molecule has 0 atom stereocenters. The molecule has 0 unspecified atom stereocenters. The van der Waals surface area contributed by atoms with Crippen molar-refractivity contribution in [1.82, 2.24) is 0 Å². The molecular weight excluding hydrogens is 296 g/mol. The van der Waals surface area contributed by atoms with Crippen LogP contribution in [0.4, 0.5) is 11.4 Å². The molecular formula is C21H20N2O. The Kier molecular flexibility index (Phi) is 4.92. The van der Waals surface area contributed by atoms with Crippen LogP contribution >= 0.6 is 0 Å². The molecule has 0 aliphatic heterocycles. The van der Waals surface area contributed by atoms with E-state index in [1.54, 1.807) is 0 Å². The van der Waals surface area contributed by atoms with Gasteiger partial charge in [-0.15, -0.1) is 0 Å². The zero-order valence-corrected chi connectivity index (χ0v) is 13.6. The second-order valence-electron chi connectivity index (χ2n) is 5.71. The van der Waals surface area contributed by atoms with Gasteiger partial charge in [0.15, 0.2) is 0 Å². The van der Waals surface area contributed by atoms with E-state index in [0.29, 0.717) is 0 Å². The largest absolute Gasteiger partial charge is 0.376 e. The van der Waals surface area contributed by atoms with E-state index in [9.17, 15) is 4.79 Å². The van der Waals surface area contributed by atoms with Gasteiger partial charge < -0.3 is 10.6 Å². The molecule has 1 amide bonds. The molecule has 0 radical (unpaired) electrons. The summed E-state index contributed by atoms with van der Waals surface area (Å²) in [5, 5.41) is 6.02. The van der Waals surface area contributed by atoms with Crippen LogP contribution in [0.2, 0.25) is 0 Å². The summed E-state index contributed by atoms with van der Waals surface area (Å²) < 4.78 is 0. The molecule has 0 aliphatic rings. The highest BCUT2D eigenvalue weighted by atomic mass is 16.1. The van der Waals surface area contributed by atoms with Gasteiger partial charge in [-0.1, -0.05) is 60.2 Å². The van der Waals surface area contributed by atoms with Crippen molar-refractivity contribution in [3.05, 3.63) is 84.4 Å². The van der Waals surface area contributed by atoms with Gasteiger partial charge in [0, 0.05) is 11.4 Å². The van der Waals surface area contributed by atoms with Gasteiger partial charge in [-0.3, -0.25) is 4.79 Å². The Balaban J connectivity index is 1.54. The molecule has 3 rings (SSSR count). The number of hydrogen-bond donors (Lipinski definition) is 2. The molecule has 0 aromatic heterocycles. The number of carbonyl (C=O) groups excluding carboxylic acids is 1. The summed E-state index contributed by atoms with van der Waals surface area (Å²) in [6.07, 6.45) is 0. The molecule has 0 saturated heterocycles. The number of amides is 1. The molecule has 2 N–H and O–H groups in total. The summed E-state index contributed by atoms with van der Waals surface area (Å²) >= 11 is 0. The first-order valence-electron chi connectivity index (χ1n) is 7.96. The summed E-state index contributed by atoms with van der Waals surface area (Å²) in [5.41, 5.74) is 5.25. The van der Waals surface area contributed by atoms with Crippen LogP contribution in [0.3, 0.4) is 0 Å². The van der Waals surface area contributed by atoms with Gasteiger partial charge in [0.2, 0.25) is 5.91 Å². The number of rotatable bonds is 5. The van der Waals surface area contributed by atoms with Crippen LogP contribution in [-0.2, 0) is 4.79 Å². The van der Waals surface area contributed by atoms with Crippen LogP contribution in [0.25, 0.3) is 11.1 Å². The molecule has 0 spiro atoms. The van der Waals surface area contributed by atoms with Crippen molar-refractivity contribution < 1.29 is 4.79 Å². The summed E-state index contributed by atoms with van der Waals surface area (Å²) in [5.74, 6) is -0.0639. The van der Waals surface area contributed by atoms with Crippen molar-refractivity contribution in [3.63, 3.8) is 0 Å². The van der Waals surface area contributed by atoms with Crippen LogP contribution in [0.5, 0.6) is 0 Å². The van der Waals surface area contributed by atoms with Crippen molar-refractivity contribution in [2.24, 2.45) is 0 Å². The lowest BCUT2D eigenvalue weighted by molar-refractivity contribution is -0.114. The maximum atomic E-state index is 12.0. The normalized spacial score (nSPS) is 10.2. The first-order chi connectivity index (χ1) is 11.7. The minimum absolute atomic E-state index is 0.0639. The minimum atomic E-state index is -0.0639. The minimum Gasteiger partial charge on any atom is -0.376 e. The van der Waals surface area contributed by atoms with Crippen LogP contribution in [0, 0.1) is 6.92 Å². The Hall–Kier alpha value is -3.07. The first-order valence-corrected chi connectivity index (χ1v) is 7.96. The fourth-order valence-electron chi connectivity index (χ4n) is 2.44. The molecule has 0 saturated carbocycles. The van der Waals surface area contributed by atoms with Gasteiger partial charge in [0.25, 0.3) is 0 Å². The molecule has 120 valence electrons. The molecule has 3 nitrogen and oxygen atoms in total. The quantitative estimate of drug-likeness (QED) is 0.715. The van der Waals surface area contributed by atoms with E-state index in [-0.39, 0.29) is 12.5 Å². The van der Waals surface area contributed by atoms with Crippen LogP contribution in [0.15, 0.2) is 78.9 Å². The second kappa shape index (κ2) is 7.47. The Labute approximate surface area is 142 Å². The lowest BCUT2D eigenvalue weighted by atomic mass is 10.1. The Bertz CT molecular complexity index is 794. The smallest absolute Gasteiger partial charge is 0.243 e. The number of anilines is 2. The summed E-state index contributed by atoms with van der Waals surface area (Å²) in [4.78, 5) is 12.0. The third kappa shape index (κ3) is 4.23. The van der Waals surface area contributed by atoms with Gasteiger partial charge in [-0.25, -0.2) is 0 Å². The fourth-order valence-corrected chi connectivity index (χ4v) is 2.44. The second-order valence-corrected chi connectivity index (χ2v) is 5.71. The van der Waals surface area contributed by atoms with Crippen molar-refractivity contribution >= 4 is 17.3 Å². The van der Waals surface area contributed by atoms with E-state index in [1.165, 1.54) is 11.1 Å². The van der Waals surface area contributed by atoms with E-state index in [2.05, 4.69) is 34.9 Å². The number of carbonyl (C=O) groups is 1. The Morgan fingerprint density at radius 3 is 2.00 bits per heavy atom. The topological polar surface area (TPSA) is 41.1 Å². The zero-order chi connectivity index (χ0) is 16.8. The van der Waals surface area contributed by atoms with Crippen molar-refractivity contribution in [2.45, 2.75) is 6.92 Å². The molecule has 3 aromatic rings. The highest BCUT2D eigenvalue weighted by Gasteiger charge is 2.03. The van der Waals surface area contributed by atoms with E-state index >= 15 is 0 Å². The van der Waals surface area contributed by atoms with Gasteiger partial charge in [0.05, 0.1) is 6.54 Å². The standard InChI is InChI=1S/C21H20N2O/c1-16-7-11-20(12-8-16)23-21(24)15-22-19-13-9-18(10-14-19)17-5-3-2-4-6-17/h2-14,22H,15H2,1H3,(H,23,24). The van der Waals surface area contributed by atoms with Crippen LogP contribution in [0.1, 0.15) is 5.56 Å². The molecule has 0 aliphatic carbocycles. The van der Waals surface area contributed by atoms with E-state index in [4.69, 9.17) is 0 Å². The van der Waals surface area contributed by atoms with Gasteiger partial charge in [-0.05, 0) is 42.3 Å². The van der Waals surface area contributed by atoms with Crippen LogP contribution < -0.4 is 10.6 Å². The fraction of sp³-hybridized carbons (Fsp3) is 0.0952. The zero-order valence-electron chi connectivity index (χ0n) is 13.6. The highest BCUT2D eigenvalue weighted by Crippen LogP contribution is 2.20. The molecule has 0 heterocycles. The molecule has 0 fully saturated rings. The SMILES string of the molecule is Cc1ccc(NC(=O)CNc2ccc(-c3ccccc3)cc2)cc1. The van der Waals surface area contributed by atoms with E-state index < -0.39 is 0 Å². The summed E-state index contributed by atoms with van der Waals surface area (Å²) in [6.45, 7) is 2.25.